The Morgan fingerprint density at radius 2 is 2.00 bits per heavy atom. The summed E-state index contributed by atoms with van der Waals surface area (Å²) < 4.78 is 0. The van der Waals surface area contributed by atoms with Gasteiger partial charge in [-0.25, -0.2) is 0 Å². The van der Waals surface area contributed by atoms with Crippen molar-refractivity contribution in [3.8, 4) is 0 Å². The van der Waals surface area contributed by atoms with Gasteiger partial charge in [0.15, 0.2) is 0 Å². The fraction of sp³-hybridized carbons (Fsp3) is 0.333. The minimum absolute atomic E-state index is 0.205. The largest absolute Gasteiger partial charge is 0.355 e. The monoisotopic (exact) mass is 182 g/mol. The number of nitrogens with one attached hydrogen (secondary N) is 1. The van der Waals surface area contributed by atoms with Gasteiger partial charge in [0.2, 0.25) is 11.8 Å². The van der Waals surface area contributed by atoms with Crippen LogP contribution in [0.3, 0.4) is 0 Å². The molecule has 0 saturated heterocycles. The van der Waals surface area contributed by atoms with Crippen molar-refractivity contribution in [2.45, 2.75) is 6.92 Å². The first-order valence-electron chi connectivity index (χ1n) is 3.82. The molecule has 0 radical (unpaired) electrons. The zero-order chi connectivity index (χ0) is 10.4. The quantitative estimate of drug-likeness (QED) is 0.637. The summed E-state index contributed by atoms with van der Waals surface area (Å²) in [6, 6.07) is 0. The molecular formula is C9H14N2O2. The van der Waals surface area contributed by atoms with E-state index in [9.17, 15) is 9.59 Å². The smallest absolute Gasteiger partial charge is 0.249 e. The van der Waals surface area contributed by atoms with E-state index < -0.39 is 0 Å². The number of rotatable bonds is 3. The number of carbonyl (C=O) groups is 2. The molecule has 1 N–H and O–H groups in total. The summed E-state index contributed by atoms with van der Waals surface area (Å²) in [6.45, 7) is 4.96. The summed E-state index contributed by atoms with van der Waals surface area (Å²) >= 11 is 0. The molecule has 0 spiro atoms. The van der Waals surface area contributed by atoms with Gasteiger partial charge in [-0.2, -0.15) is 0 Å². The maximum atomic E-state index is 11.0. The van der Waals surface area contributed by atoms with Gasteiger partial charge < -0.3 is 10.2 Å². The fourth-order valence-corrected chi connectivity index (χ4v) is 0.754. The zero-order valence-electron chi connectivity index (χ0n) is 8.13. The van der Waals surface area contributed by atoms with Crippen LogP contribution in [0.1, 0.15) is 6.92 Å². The number of amides is 2. The lowest BCUT2D eigenvalue weighted by Gasteiger charge is -2.10. The van der Waals surface area contributed by atoms with Crippen molar-refractivity contribution in [2.24, 2.45) is 0 Å². The van der Waals surface area contributed by atoms with Crippen molar-refractivity contribution in [3.63, 3.8) is 0 Å². The van der Waals surface area contributed by atoms with Crippen LogP contribution in [0, 0.1) is 0 Å². The summed E-state index contributed by atoms with van der Waals surface area (Å²) in [4.78, 5) is 23.3. The molecule has 0 atom stereocenters. The molecule has 0 rings (SSSR count). The molecule has 72 valence electrons. The second-order valence-corrected chi connectivity index (χ2v) is 2.54. The van der Waals surface area contributed by atoms with Gasteiger partial charge in [0.25, 0.3) is 0 Å². The van der Waals surface area contributed by atoms with Gasteiger partial charge in [0.1, 0.15) is 0 Å². The summed E-state index contributed by atoms with van der Waals surface area (Å²) in [7, 11) is 3.10. The Kier molecular flexibility index (Phi) is 4.51. The van der Waals surface area contributed by atoms with Crippen LogP contribution >= 0.6 is 0 Å². The summed E-state index contributed by atoms with van der Waals surface area (Å²) in [5.74, 6) is -0.452. The van der Waals surface area contributed by atoms with Crippen LogP contribution in [0.5, 0.6) is 0 Å². The number of likely N-dealkylation sites (N-methyl/N-ethyl adjacent to an activating group) is 2. The van der Waals surface area contributed by atoms with E-state index >= 15 is 0 Å². The molecule has 2 amide bonds. The van der Waals surface area contributed by atoms with Crippen LogP contribution < -0.4 is 5.32 Å². The van der Waals surface area contributed by atoms with Crippen LogP contribution in [0.4, 0.5) is 0 Å². The van der Waals surface area contributed by atoms with Crippen LogP contribution in [0.25, 0.3) is 0 Å². The maximum Gasteiger partial charge on any atom is 0.249 e. The van der Waals surface area contributed by atoms with E-state index in [1.165, 1.54) is 24.2 Å². The molecule has 0 aromatic rings. The average molecular weight is 182 g/mol. The van der Waals surface area contributed by atoms with E-state index in [1.54, 1.807) is 14.0 Å². The molecule has 0 aromatic heterocycles. The molecule has 0 aliphatic heterocycles. The predicted octanol–water partition coefficient (Wildman–Crippen LogP) is 0.281. The van der Waals surface area contributed by atoms with Crippen molar-refractivity contribution in [2.75, 3.05) is 14.1 Å². The van der Waals surface area contributed by atoms with E-state index in [2.05, 4.69) is 11.9 Å². The SMILES string of the molecule is C=CC(=O)N(C)C=C(C)C(=O)NC. The Hall–Kier alpha value is -1.58. The molecule has 0 unspecified atom stereocenters. The fourth-order valence-electron chi connectivity index (χ4n) is 0.754. The van der Waals surface area contributed by atoms with Gasteiger partial charge in [0, 0.05) is 25.9 Å². The minimum Gasteiger partial charge on any atom is -0.355 e. The lowest BCUT2D eigenvalue weighted by Crippen LogP contribution is -2.23. The molecule has 0 saturated carbocycles. The molecule has 0 bridgehead atoms. The van der Waals surface area contributed by atoms with Crippen LogP contribution in [0.15, 0.2) is 24.4 Å². The molecular weight excluding hydrogens is 168 g/mol. The third-order valence-electron chi connectivity index (χ3n) is 1.49. The van der Waals surface area contributed by atoms with E-state index in [1.807, 2.05) is 0 Å². The standard InChI is InChI=1S/C9H14N2O2/c1-5-8(12)11(4)6-7(2)9(13)10-3/h5-6H,1H2,2-4H3,(H,10,13). The molecule has 0 heterocycles. The molecule has 0 aliphatic carbocycles. The first kappa shape index (κ1) is 11.4. The lowest BCUT2D eigenvalue weighted by molar-refractivity contribution is -0.122. The highest BCUT2D eigenvalue weighted by molar-refractivity contribution is 5.94. The average Bonchev–Trinajstić information content (AvgIpc) is 2.14. The summed E-state index contributed by atoms with van der Waals surface area (Å²) in [6.07, 6.45) is 2.65. The summed E-state index contributed by atoms with van der Waals surface area (Å²) in [5.41, 5.74) is 0.472. The highest BCUT2D eigenvalue weighted by atomic mass is 16.2. The molecule has 0 aliphatic rings. The number of hydrogen-bond donors (Lipinski definition) is 1. The van der Waals surface area contributed by atoms with E-state index in [0.29, 0.717) is 5.57 Å². The first-order valence-corrected chi connectivity index (χ1v) is 3.82. The molecule has 4 nitrogen and oxygen atoms in total. The number of nitrogens with zero attached hydrogens (tertiary/aromatic N) is 1. The van der Waals surface area contributed by atoms with Crippen molar-refractivity contribution >= 4 is 11.8 Å². The normalized spacial score (nSPS) is 10.5. The Labute approximate surface area is 77.9 Å². The van der Waals surface area contributed by atoms with E-state index in [4.69, 9.17) is 0 Å². The van der Waals surface area contributed by atoms with E-state index in [0.717, 1.165) is 0 Å². The van der Waals surface area contributed by atoms with Crippen molar-refractivity contribution in [3.05, 3.63) is 24.4 Å². The van der Waals surface area contributed by atoms with Gasteiger partial charge in [-0.1, -0.05) is 6.58 Å². The lowest BCUT2D eigenvalue weighted by atomic mass is 10.3. The molecule has 0 aromatic carbocycles. The zero-order valence-corrected chi connectivity index (χ0v) is 8.13. The first-order chi connectivity index (χ1) is 6.02. The van der Waals surface area contributed by atoms with Crippen LogP contribution in [-0.4, -0.2) is 30.8 Å². The van der Waals surface area contributed by atoms with Crippen molar-refractivity contribution in [1.82, 2.24) is 10.2 Å². The predicted molar refractivity (Wildman–Crippen MR) is 50.8 cm³/mol. The van der Waals surface area contributed by atoms with Gasteiger partial charge in [-0.15, -0.1) is 0 Å². The Bertz CT molecular complexity index is 256. The Balaban J connectivity index is 4.46. The second kappa shape index (κ2) is 5.13. The van der Waals surface area contributed by atoms with Crippen LogP contribution in [-0.2, 0) is 9.59 Å². The maximum absolute atomic E-state index is 11.0. The van der Waals surface area contributed by atoms with Gasteiger partial charge >= 0.3 is 0 Å². The Morgan fingerprint density at radius 1 is 1.46 bits per heavy atom. The topological polar surface area (TPSA) is 49.4 Å². The third-order valence-corrected chi connectivity index (χ3v) is 1.49. The Morgan fingerprint density at radius 3 is 2.38 bits per heavy atom. The number of carbonyl (C=O) groups excluding carboxylic acids is 2. The third kappa shape index (κ3) is 3.55. The van der Waals surface area contributed by atoms with Gasteiger partial charge in [-0.3, -0.25) is 9.59 Å². The molecule has 0 fully saturated rings. The van der Waals surface area contributed by atoms with Gasteiger partial charge in [-0.05, 0) is 13.0 Å². The summed E-state index contributed by atoms with van der Waals surface area (Å²) in [5, 5.41) is 2.46. The minimum atomic E-state index is -0.247. The number of hydrogen-bond acceptors (Lipinski definition) is 2. The van der Waals surface area contributed by atoms with Crippen molar-refractivity contribution < 1.29 is 9.59 Å². The van der Waals surface area contributed by atoms with Crippen molar-refractivity contribution in [1.29, 1.82) is 0 Å². The highest BCUT2D eigenvalue weighted by Crippen LogP contribution is 1.96. The van der Waals surface area contributed by atoms with E-state index in [-0.39, 0.29) is 11.8 Å². The molecule has 13 heavy (non-hydrogen) atoms. The second-order valence-electron chi connectivity index (χ2n) is 2.54. The van der Waals surface area contributed by atoms with Gasteiger partial charge in [0.05, 0.1) is 0 Å². The highest BCUT2D eigenvalue weighted by Gasteiger charge is 2.04. The molecule has 4 heteroatoms. The van der Waals surface area contributed by atoms with Crippen LogP contribution in [0.2, 0.25) is 0 Å².